The van der Waals surface area contributed by atoms with Crippen molar-refractivity contribution in [2.75, 3.05) is 20.1 Å². The molecule has 1 fully saturated rings. The van der Waals surface area contributed by atoms with Crippen LogP contribution in [-0.4, -0.2) is 31.1 Å². The molecule has 2 nitrogen and oxygen atoms in total. The summed E-state index contributed by atoms with van der Waals surface area (Å²) in [6.45, 7) is 6.27. The molecular formula is C7H18NOP. The van der Waals surface area contributed by atoms with Gasteiger partial charge in [0.05, 0.1) is 6.10 Å². The summed E-state index contributed by atoms with van der Waals surface area (Å²) in [7, 11) is 4.43. The van der Waals surface area contributed by atoms with Crippen molar-refractivity contribution in [3.8, 4) is 0 Å². The number of hydrogen-bond acceptors (Lipinski definition) is 2. The van der Waals surface area contributed by atoms with E-state index in [2.05, 4.69) is 21.4 Å². The molecule has 0 aromatic carbocycles. The summed E-state index contributed by atoms with van der Waals surface area (Å²) in [6, 6.07) is 0. The SMILES string of the molecule is CC.CN1CCC(OP)C1. The van der Waals surface area contributed by atoms with Gasteiger partial charge in [0.2, 0.25) is 0 Å². The molecule has 62 valence electrons. The zero-order valence-electron chi connectivity index (χ0n) is 7.13. The minimum absolute atomic E-state index is 0.463. The summed E-state index contributed by atoms with van der Waals surface area (Å²) in [6.07, 6.45) is 1.64. The van der Waals surface area contributed by atoms with Crippen LogP contribution in [0.2, 0.25) is 0 Å². The Kier molecular flexibility index (Phi) is 6.30. The number of rotatable bonds is 1. The second-order valence-electron chi connectivity index (χ2n) is 2.31. The molecular weight excluding hydrogens is 145 g/mol. The average Bonchev–Trinajstić information content (AvgIpc) is 2.40. The molecule has 1 aliphatic rings. The summed E-state index contributed by atoms with van der Waals surface area (Å²) < 4.78 is 5.06. The lowest BCUT2D eigenvalue weighted by molar-refractivity contribution is 0.244. The number of likely N-dealkylation sites (tertiary alicyclic amines) is 1. The molecule has 3 heteroatoms. The predicted octanol–water partition coefficient (Wildman–Crippen LogP) is 1.52. The third kappa shape index (κ3) is 3.50. The Bertz CT molecular complexity index is 80.0. The highest BCUT2D eigenvalue weighted by molar-refractivity contribution is 7.09. The minimum Gasteiger partial charge on any atom is -0.361 e. The maximum absolute atomic E-state index is 5.06. The maximum atomic E-state index is 5.06. The van der Waals surface area contributed by atoms with Gasteiger partial charge >= 0.3 is 0 Å². The van der Waals surface area contributed by atoms with Gasteiger partial charge in [0.25, 0.3) is 0 Å². The van der Waals surface area contributed by atoms with E-state index in [1.54, 1.807) is 0 Å². The van der Waals surface area contributed by atoms with Crippen molar-refractivity contribution < 1.29 is 4.52 Å². The van der Waals surface area contributed by atoms with Gasteiger partial charge in [-0.15, -0.1) is 0 Å². The van der Waals surface area contributed by atoms with Gasteiger partial charge in [0.1, 0.15) is 0 Å². The molecule has 0 aromatic rings. The molecule has 0 bridgehead atoms. The van der Waals surface area contributed by atoms with Gasteiger partial charge in [0, 0.05) is 22.6 Å². The topological polar surface area (TPSA) is 12.5 Å². The van der Waals surface area contributed by atoms with Crippen LogP contribution in [-0.2, 0) is 4.52 Å². The van der Waals surface area contributed by atoms with Gasteiger partial charge in [0.15, 0.2) is 0 Å². The zero-order valence-corrected chi connectivity index (χ0v) is 8.29. The van der Waals surface area contributed by atoms with E-state index in [0.29, 0.717) is 6.10 Å². The smallest absolute Gasteiger partial charge is 0.0749 e. The fourth-order valence-corrected chi connectivity index (χ4v) is 1.23. The molecule has 0 N–H and O–H groups in total. The Morgan fingerprint density at radius 2 is 2.10 bits per heavy atom. The van der Waals surface area contributed by atoms with Crippen LogP contribution in [0, 0.1) is 0 Å². The average molecular weight is 163 g/mol. The first kappa shape index (κ1) is 10.3. The van der Waals surface area contributed by atoms with Crippen LogP contribution in [0.5, 0.6) is 0 Å². The van der Waals surface area contributed by atoms with E-state index in [1.807, 2.05) is 13.8 Å². The van der Waals surface area contributed by atoms with Gasteiger partial charge < -0.3 is 9.42 Å². The predicted molar refractivity (Wildman–Crippen MR) is 48.0 cm³/mol. The molecule has 1 saturated heterocycles. The number of likely N-dealkylation sites (N-methyl/N-ethyl adjacent to an activating group) is 1. The van der Waals surface area contributed by atoms with E-state index < -0.39 is 0 Å². The van der Waals surface area contributed by atoms with Crippen LogP contribution in [0.4, 0.5) is 0 Å². The number of hydrogen-bond donors (Lipinski definition) is 0. The summed E-state index contributed by atoms with van der Waals surface area (Å²) >= 11 is 0. The lowest BCUT2D eigenvalue weighted by Gasteiger charge is -2.06. The third-order valence-electron chi connectivity index (χ3n) is 1.54. The first-order valence-electron chi connectivity index (χ1n) is 3.87. The highest BCUT2D eigenvalue weighted by Gasteiger charge is 2.17. The monoisotopic (exact) mass is 163 g/mol. The van der Waals surface area contributed by atoms with E-state index in [9.17, 15) is 0 Å². The van der Waals surface area contributed by atoms with Gasteiger partial charge in [-0.25, -0.2) is 0 Å². The highest BCUT2D eigenvalue weighted by atomic mass is 31.0. The quantitative estimate of drug-likeness (QED) is 0.543. The first-order valence-corrected chi connectivity index (χ1v) is 4.34. The second-order valence-corrected chi connectivity index (χ2v) is 2.58. The highest BCUT2D eigenvalue weighted by Crippen LogP contribution is 2.11. The summed E-state index contributed by atoms with van der Waals surface area (Å²) in [5.41, 5.74) is 0. The summed E-state index contributed by atoms with van der Waals surface area (Å²) in [5.74, 6) is 0. The Labute approximate surface area is 66.2 Å². The van der Waals surface area contributed by atoms with Crippen LogP contribution < -0.4 is 0 Å². The molecule has 2 atom stereocenters. The van der Waals surface area contributed by atoms with E-state index in [4.69, 9.17) is 4.52 Å². The van der Waals surface area contributed by atoms with Crippen LogP contribution in [0.3, 0.4) is 0 Å². The molecule has 2 unspecified atom stereocenters. The van der Waals surface area contributed by atoms with Crippen molar-refractivity contribution >= 4 is 9.47 Å². The lowest BCUT2D eigenvalue weighted by Crippen LogP contribution is -2.16. The molecule has 0 saturated carbocycles. The van der Waals surface area contributed by atoms with Crippen LogP contribution in [0.1, 0.15) is 20.3 Å². The van der Waals surface area contributed by atoms with Gasteiger partial charge in [-0.05, 0) is 13.5 Å². The van der Waals surface area contributed by atoms with Gasteiger partial charge in [-0.1, -0.05) is 13.8 Å². The van der Waals surface area contributed by atoms with Crippen LogP contribution >= 0.6 is 9.47 Å². The van der Waals surface area contributed by atoms with Crippen LogP contribution in [0.25, 0.3) is 0 Å². The maximum Gasteiger partial charge on any atom is 0.0749 e. The molecule has 0 amide bonds. The van der Waals surface area contributed by atoms with Gasteiger partial charge in [-0.2, -0.15) is 0 Å². The lowest BCUT2D eigenvalue weighted by atomic mass is 10.3. The van der Waals surface area contributed by atoms with E-state index in [1.165, 1.54) is 13.0 Å². The van der Waals surface area contributed by atoms with Crippen molar-refractivity contribution in [3.63, 3.8) is 0 Å². The van der Waals surface area contributed by atoms with Crippen molar-refractivity contribution in [1.82, 2.24) is 4.90 Å². The Morgan fingerprint density at radius 3 is 2.30 bits per heavy atom. The zero-order chi connectivity index (χ0) is 7.98. The Hall–Kier alpha value is 0.350. The summed E-state index contributed by atoms with van der Waals surface area (Å²) in [5, 5.41) is 0. The minimum atomic E-state index is 0.463. The molecule has 1 aliphatic heterocycles. The van der Waals surface area contributed by atoms with Gasteiger partial charge in [-0.3, -0.25) is 0 Å². The fourth-order valence-electron chi connectivity index (χ4n) is 1.01. The van der Waals surface area contributed by atoms with E-state index >= 15 is 0 Å². The van der Waals surface area contributed by atoms with Crippen molar-refractivity contribution in [2.24, 2.45) is 0 Å². The van der Waals surface area contributed by atoms with Crippen molar-refractivity contribution in [3.05, 3.63) is 0 Å². The largest absolute Gasteiger partial charge is 0.361 e. The fraction of sp³-hybridized carbons (Fsp3) is 1.00. The molecule has 10 heavy (non-hydrogen) atoms. The molecule has 1 heterocycles. The van der Waals surface area contributed by atoms with Crippen molar-refractivity contribution in [1.29, 1.82) is 0 Å². The molecule has 0 aliphatic carbocycles. The molecule has 0 radical (unpaired) electrons. The Morgan fingerprint density at radius 1 is 1.50 bits per heavy atom. The van der Waals surface area contributed by atoms with E-state index in [0.717, 1.165) is 6.54 Å². The molecule has 1 rings (SSSR count). The second kappa shape index (κ2) is 6.09. The molecule has 0 aromatic heterocycles. The standard InChI is InChI=1S/C5H12NOP.C2H6/c1-6-3-2-5(4-6)7-8;1-2/h5H,2-4,8H2,1H3;1-2H3. The number of nitrogens with zero attached hydrogens (tertiary/aromatic N) is 1. The first-order chi connectivity index (χ1) is 4.83. The van der Waals surface area contributed by atoms with Crippen molar-refractivity contribution in [2.45, 2.75) is 26.4 Å². The summed E-state index contributed by atoms with van der Waals surface area (Å²) in [4.78, 5) is 2.27. The van der Waals surface area contributed by atoms with E-state index in [-0.39, 0.29) is 0 Å². The van der Waals surface area contributed by atoms with Crippen LogP contribution in [0.15, 0.2) is 0 Å². The normalized spacial score (nSPS) is 25.8. The molecule has 0 spiro atoms. The Balaban J connectivity index is 0.000000371. The third-order valence-corrected chi connectivity index (χ3v) is 1.93.